The highest BCUT2D eigenvalue weighted by Crippen LogP contribution is 2.61. The van der Waals surface area contributed by atoms with Crippen LogP contribution in [-0.4, -0.2) is 61.2 Å². The van der Waals surface area contributed by atoms with E-state index in [2.05, 4.69) is 111 Å². The van der Waals surface area contributed by atoms with Crippen LogP contribution in [0.1, 0.15) is 310 Å². The molecule has 10 fully saturated rings. The minimum atomic E-state index is -5.34. The van der Waals surface area contributed by atoms with Gasteiger partial charge < -0.3 is 0 Å². The van der Waals surface area contributed by atoms with E-state index in [1.807, 2.05) is 20.8 Å². The van der Waals surface area contributed by atoms with E-state index in [0.717, 1.165) is 123 Å². The molecule has 113 heavy (non-hydrogen) atoms. The van der Waals surface area contributed by atoms with Crippen LogP contribution in [0.5, 0.6) is 0 Å². The molecular formula is C91H160F22. The van der Waals surface area contributed by atoms with Crippen molar-refractivity contribution in [3.8, 4) is 0 Å². The van der Waals surface area contributed by atoms with Crippen molar-refractivity contribution in [3.05, 3.63) is 0 Å². The lowest BCUT2D eigenvalue weighted by atomic mass is 9.57. The summed E-state index contributed by atoms with van der Waals surface area (Å²) in [6.45, 7) is 57.7. The Morgan fingerprint density at radius 2 is 0.434 bits per heavy atom. The van der Waals surface area contributed by atoms with Crippen molar-refractivity contribution >= 4 is 0 Å². The van der Waals surface area contributed by atoms with Gasteiger partial charge in [-0.25, -0.2) is 17.6 Å². The Bertz CT molecular complexity index is 2400. The second kappa shape index (κ2) is 45.5. The summed E-state index contributed by atoms with van der Waals surface area (Å²) in [6.07, 6.45) is -12.0. The van der Waals surface area contributed by atoms with Crippen molar-refractivity contribution in [2.75, 3.05) is 0 Å². The van der Waals surface area contributed by atoms with E-state index in [-0.39, 0.29) is 23.7 Å². The van der Waals surface area contributed by atoms with Crippen molar-refractivity contribution < 1.29 is 96.6 Å². The lowest BCUT2D eigenvalue weighted by molar-refractivity contribution is -0.321. The maximum absolute atomic E-state index is 13.1. The van der Waals surface area contributed by atoms with Gasteiger partial charge in [0.2, 0.25) is 0 Å². The van der Waals surface area contributed by atoms with Gasteiger partial charge in [0.25, 0.3) is 0 Å². The molecule has 39 atom stereocenters. The van der Waals surface area contributed by atoms with Gasteiger partial charge in [-0.05, 0) is 250 Å². The molecule has 0 radical (unpaired) electrons. The van der Waals surface area contributed by atoms with Gasteiger partial charge >= 0.3 is 37.1 Å². The van der Waals surface area contributed by atoms with Crippen LogP contribution in [0.4, 0.5) is 96.6 Å². The molecule has 10 aliphatic rings. The fourth-order valence-electron chi connectivity index (χ4n) is 21.6. The standard InChI is InChI=1S/C12H15F9.C10H14F6.C10H17F3.C9H17F.2C9H18.C8H14F2.C8H15F.2C8H16/c1-4-5(2)8(11(16,17)18)9(12(19,20)21)6(3)7(4)10(13,14)15;1-4-5(2)8(10(14,15)16)6(3)7(4)9(11,12)13;1-6-4-8(3)9(5-7(6)2)10(11,12)13;1-6-4-8(3)9(10)5-7(6)2;2*1-7-4-5-8(2)9(3)6-7;1-4-5(2)8(10)6(3)7(4)9;1-6-4-8(3,9)5-7(6)2;2*1-6-4-7(2)8(3)5-6/h4-9H,1-3H3;4-8H,1-3H3;6-9H,4-5H2,1-3H3;6-9H,4-5H2,1-3H3;2*7-9H,4-6H2,1-3H3;4-8H,1-3H3;6-7H,4-5H2,1-3H3;2*6-8H,4-5H2,1-3H3/t4-,5+,6?,7?,8?,9?;4-,5+,6?,7?,8?;2*6-,7+,8?,9?;2*7?,8-,9+;4-,5+,6?,7?,8?;6-,7+,8?;2*6?,7-,8+/m0.1111..../s1. The van der Waals surface area contributed by atoms with Gasteiger partial charge in [-0.2, -0.15) is 79.0 Å². The van der Waals surface area contributed by atoms with Crippen molar-refractivity contribution in [2.24, 2.45) is 207 Å². The van der Waals surface area contributed by atoms with E-state index >= 15 is 0 Å². The van der Waals surface area contributed by atoms with Crippen LogP contribution in [0.15, 0.2) is 0 Å². The van der Waals surface area contributed by atoms with E-state index < -0.39 is 138 Å². The van der Waals surface area contributed by atoms with Crippen LogP contribution in [0, 0.1) is 207 Å². The summed E-state index contributed by atoms with van der Waals surface area (Å²) in [4.78, 5) is 0. The maximum atomic E-state index is 13.1. The molecule has 10 saturated carbocycles. The Balaban J connectivity index is 0.000000638. The average Bonchev–Trinajstić information content (AvgIpc) is 1.54. The van der Waals surface area contributed by atoms with E-state index in [0.29, 0.717) is 49.4 Å². The molecule has 0 aromatic heterocycles. The van der Waals surface area contributed by atoms with Crippen molar-refractivity contribution in [1.29, 1.82) is 0 Å². The zero-order valence-corrected chi connectivity index (χ0v) is 75.1. The van der Waals surface area contributed by atoms with Crippen LogP contribution in [-0.2, 0) is 0 Å². The molecule has 0 N–H and O–H groups in total. The number of hydrogen-bond donors (Lipinski definition) is 0. The maximum Gasteiger partial charge on any atom is 0.392 e. The summed E-state index contributed by atoms with van der Waals surface area (Å²) < 4.78 is 282. The third kappa shape index (κ3) is 34.4. The first kappa shape index (κ1) is 109. The van der Waals surface area contributed by atoms with E-state index in [1.54, 1.807) is 34.6 Å². The fraction of sp³-hybridized carbons (Fsp3) is 1.00. The largest absolute Gasteiger partial charge is 0.392 e. The van der Waals surface area contributed by atoms with Crippen LogP contribution < -0.4 is 0 Å². The average molecular weight is 1670 g/mol. The molecule has 0 heterocycles. The van der Waals surface area contributed by atoms with E-state index in [9.17, 15) is 96.6 Å². The van der Waals surface area contributed by atoms with Gasteiger partial charge in [0.1, 0.15) is 24.2 Å². The zero-order valence-electron chi connectivity index (χ0n) is 75.1. The summed E-state index contributed by atoms with van der Waals surface area (Å²) in [5.41, 5.74) is -0.862. The minimum Gasteiger partial charge on any atom is -0.247 e. The summed E-state index contributed by atoms with van der Waals surface area (Å²) in [6, 6.07) is 0. The molecule has 0 aliphatic heterocycles. The first-order chi connectivity index (χ1) is 50.9. The third-order valence-corrected chi connectivity index (χ3v) is 30.9. The van der Waals surface area contributed by atoms with Gasteiger partial charge in [-0.1, -0.05) is 226 Å². The molecular weight excluding hydrogens is 1510 g/mol. The zero-order chi connectivity index (χ0) is 88.8. The highest BCUT2D eigenvalue weighted by molar-refractivity contribution is 5.01. The SMILES string of the molecule is CC1C(C(F)(F)F)C(C(F)(F)F)[C@H](C)[C@H](C)C1C(F)(F)F.CC1C(C(F)(F)F)[C@@H](C)[C@@H](C)C1C(F)(F)F.CC1C(F)[C@@H](C)[C@@H](C)C1F.CC1CC[C@@H](C)[C@@H](C)C1.CC1CC[C@@H](C)[C@@H](C)C1.CC1C[C@@H](C)[C@@H](C)C1.CC1C[C@@H](C)[C@@H](C)C1.CC1C[C@@H](C)[C@@H](C)CC1C(F)(F)F.CC1C[C@@H](C)[C@@H](C)CC1F.C[C@@H]1CC(C)(F)C[C@@H]1C. The van der Waals surface area contributed by atoms with E-state index in [4.69, 9.17) is 0 Å². The molecule has 0 nitrogen and oxygen atoms in total. The number of alkyl halides is 22. The second-order valence-electron chi connectivity index (χ2n) is 41.0. The van der Waals surface area contributed by atoms with Gasteiger partial charge in [0, 0.05) is 5.92 Å². The summed E-state index contributed by atoms with van der Waals surface area (Å²) in [5.74, 6) is -7.39. The fourth-order valence-corrected chi connectivity index (χ4v) is 21.6. The monoisotopic (exact) mass is 1670 g/mol. The van der Waals surface area contributed by atoms with Crippen molar-refractivity contribution in [2.45, 2.75) is 372 Å². The lowest BCUT2D eigenvalue weighted by Gasteiger charge is -2.50. The van der Waals surface area contributed by atoms with Crippen molar-refractivity contribution in [3.63, 3.8) is 0 Å². The molecule has 22 heteroatoms. The third-order valence-electron chi connectivity index (χ3n) is 30.9. The lowest BCUT2D eigenvalue weighted by Crippen LogP contribution is -2.57. The molecule has 0 bridgehead atoms. The molecule has 19 unspecified atom stereocenters. The number of halogens is 22. The Morgan fingerprint density at radius 3 is 0.646 bits per heavy atom. The number of hydrogen-bond acceptors (Lipinski definition) is 0. The molecule has 0 spiro atoms. The molecule has 0 aromatic carbocycles. The Hall–Kier alpha value is -1.54. The smallest absolute Gasteiger partial charge is 0.247 e. The van der Waals surface area contributed by atoms with Crippen LogP contribution in [0.25, 0.3) is 0 Å². The van der Waals surface area contributed by atoms with Crippen LogP contribution >= 0.6 is 0 Å². The van der Waals surface area contributed by atoms with Crippen LogP contribution in [0.3, 0.4) is 0 Å². The highest BCUT2D eigenvalue weighted by Gasteiger charge is 2.68. The van der Waals surface area contributed by atoms with Gasteiger partial charge in [-0.3, -0.25) is 0 Å². The molecule has 678 valence electrons. The summed E-state index contributed by atoms with van der Waals surface area (Å²) in [5, 5.41) is 0. The summed E-state index contributed by atoms with van der Waals surface area (Å²) >= 11 is 0. The second-order valence-corrected chi connectivity index (χ2v) is 41.0. The van der Waals surface area contributed by atoms with Gasteiger partial charge in [0.05, 0.1) is 35.5 Å². The van der Waals surface area contributed by atoms with E-state index in [1.165, 1.54) is 78.1 Å². The van der Waals surface area contributed by atoms with Gasteiger partial charge in [-0.15, -0.1) is 0 Å². The molecule has 0 amide bonds. The Labute approximate surface area is 672 Å². The van der Waals surface area contributed by atoms with Crippen LogP contribution in [0.2, 0.25) is 0 Å². The number of rotatable bonds is 0. The Kier molecular flexibility index (Phi) is 44.1. The summed E-state index contributed by atoms with van der Waals surface area (Å²) in [7, 11) is 0. The van der Waals surface area contributed by atoms with Crippen molar-refractivity contribution in [1.82, 2.24) is 0 Å². The molecule has 10 rings (SSSR count). The van der Waals surface area contributed by atoms with Gasteiger partial charge in [0.15, 0.2) is 0 Å². The first-order valence-corrected chi connectivity index (χ1v) is 43.9. The Morgan fingerprint density at radius 1 is 0.204 bits per heavy atom. The molecule has 10 aliphatic carbocycles. The first-order valence-electron chi connectivity index (χ1n) is 43.9. The quantitative estimate of drug-likeness (QED) is 0.212. The minimum absolute atomic E-state index is 0.106. The molecule has 0 aromatic rings. The topological polar surface area (TPSA) is 0 Å². The predicted octanol–water partition coefficient (Wildman–Crippen LogP) is 33.5. The molecule has 0 saturated heterocycles. The normalized spacial score (nSPS) is 45.3. The predicted molar refractivity (Wildman–Crippen MR) is 421 cm³/mol. The highest BCUT2D eigenvalue weighted by atomic mass is 19.4.